The van der Waals surface area contributed by atoms with Gasteiger partial charge in [0, 0.05) is 19.2 Å². The zero-order valence-corrected chi connectivity index (χ0v) is 11.9. The summed E-state index contributed by atoms with van der Waals surface area (Å²) in [5.74, 6) is -0.749. The Labute approximate surface area is 127 Å². The zero-order chi connectivity index (χ0) is 15.9. The zero-order valence-electron chi connectivity index (χ0n) is 11.9. The number of aliphatic hydroxyl groups excluding tert-OH is 1. The molecule has 1 aromatic carbocycles. The van der Waals surface area contributed by atoms with Crippen molar-refractivity contribution in [1.29, 1.82) is 0 Å². The van der Waals surface area contributed by atoms with Crippen LogP contribution in [0, 0.1) is 0 Å². The summed E-state index contributed by atoms with van der Waals surface area (Å²) >= 11 is 0. The van der Waals surface area contributed by atoms with Gasteiger partial charge in [-0.05, 0) is 29.8 Å². The van der Waals surface area contributed by atoms with E-state index in [9.17, 15) is 9.59 Å². The number of aliphatic hydroxyl groups is 1. The maximum Gasteiger partial charge on any atom is 0.335 e. The molecule has 0 amide bonds. The van der Waals surface area contributed by atoms with Crippen LogP contribution in [0.5, 0.6) is 5.75 Å². The van der Waals surface area contributed by atoms with Crippen LogP contribution in [0.4, 0.5) is 0 Å². The lowest BCUT2D eigenvalue weighted by Crippen LogP contribution is -2.22. The standard InChI is InChI=1S/C16H17NO5/c18-9-2-10-22-14-3-1-8-17(15(14)19)11-12-4-6-13(7-5-12)16(20)21/h1,3-8,18H,2,9-11H2,(H,20,21). The van der Waals surface area contributed by atoms with Gasteiger partial charge in [-0.15, -0.1) is 0 Å². The van der Waals surface area contributed by atoms with Crippen molar-refractivity contribution in [2.24, 2.45) is 0 Å². The van der Waals surface area contributed by atoms with Gasteiger partial charge in [-0.25, -0.2) is 4.79 Å². The van der Waals surface area contributed by atoms with E-state index in [1.165, 1.54) is 16.7 Å². The smallest absolute Gasteiger partial charge is 0.335 e. The van der Waals surface area contributed by atoms with Crippen LogP contribution in [0.25, 0.3) is 0 Å². The van der Waals surface area contributed by atoms with Crippen LogP contribution in [0.1, 0.15) is 22.3 Å². The third kappa shape index (κ3) is 3.95. The van der Waals surface area contributed by atoms with Gasteiger partial charge < -0.3 is 19.5 Å². The minimum Gasteiger partial charge on any atom is -0.488 e. The van der Waals surface area contributed by atoms with Crippen LogP contribution >= 0.6 is 0 Å². The second-order valence-electron chi connectivity index (χ2n) is 4.73. The average Bonchev–Trinajstić information content (AvgIpc) is 2.51. The molecule has 1 aromatic heterocycles. The summed E-state index contributed by atoms with van der Waals surface area (Å²) in [6.45, 7) is 0.621. The first-order chi connectivity index (χ1) is 10.6. The lowest BCUT2D eigenvalue weighted by atomic mass is 10.1. The van der Waals surface area contributed by atoms with Crippen molar-refractivity contribution in [2.75, 3.05) is 13.2 Å². The monoisotopic (exact) mass is 303 g/mol. The molecular weight excluding hydrogens is 286 g/mol. The fraction of sp³-hybridized carbons (Fsp3) is 0.250. The van der Waals surface area contributed by atoms with E-state index in [1.807, 2.05) is 0 Å². The Morgan fingerprint density at radius 1 is 1.18 bits per heavy atom. The quantitative estimate of drug-likeness (QED) is 0.754. The van der Waals surface area contributed by atoms with Gasteiger partial charge in [0.15, 0.2) is 5.75 Å². The minimum absolute atomic E-state index is 0.0109. The van der Waals surface area contributed by atoms with Gasteiger partial charge in [-0.2, -0.15) is 0 Å². The highest BCUT2D eigenvalue weighted by molar-refractivity contribution is 5.87. The summed E-state index contributed by atoms with van der Waals surface area (Å²) in [6.07, 6.45) is 2.11. The Hall–Kier alpha value is -2.60. The first kappa shape index (κ1) is 15.8. The molecule has 1 heterocycles. The molecule has 0 saturated carbocycles. The average molecular weight is 303 g/mol. The van der Waals surface area contributed by atoms with Crippen LogP contribution < -0.4 is 10.3 Å². The van der Waals surface area contributed by atoms with E-state index in [0.717, 1.165) is 5.56 Å². The Bertz CT molecular complexity index is 690. The second-order valence-corrected chi connectivity index (χ2v) is 4.73. The summed E-state index contributed by atoms with van der Waals surface area (Å²) in [5.41, 5.74) is 0.763. The molecule has 2 aromatic rings. The number of carboxylic acid groups (broad SMARTS) is 1. The topological polar surface area (TPSA) is 88.8 Å². The minimum atomic E-state index is -0.983. The SMILES string of the molecule is O=C(O)c1ccc(Cn2cccc(OCCCO)c2=O)cc1. The Kier molecular flexibility index (Phi) is 5.32. The second kappa shape index (κ2) is 7.42. The van der Waals surface area contributed by atoms with E-state index in [2.05, 4.69) is 0 Å². The van der Waals surface area contributed by atoms with Crippen LogP contribution in [-0.4, -0.2) is 34.0 Å². The molecule has 116 valence electrons. The highest BCUT2D eigenvalue weighted by Crippen LogP contribution is 2.08. The Balaban J connectivity index is 2.14. The molecule has 0 aliphatic heterocycles. The number of ether oxygens (including phenoxy) is 1. The Morgan fingerprint density at radius 2 is 1.91 bits per heavy atom. The summed E-state index contributed by atoms with van der Waals surface area (Å²) in [5, 5.41) is 17.6. The van der Waals surface area contributed by atoms with E-state index in [-0.39, 0.29) is 30.1 Å². The van der Waals surface area contributed by atoms with Crippen LogP contribution in [0.2, 0.25) is 0 Å². The van der Waals surface area contributed by atoms with Crippen molar-refractivity contribution in [2.45, 2.75) is 13.0 Å². The van der Waals surface area contributed by atoms with Crippen molar-refractivity contribution >= 4 is 5.97 Å². The van der Waals surface area contributed by atoms with Crippen molar-refractivity contribution in [3.05, 3.63) is 64.1 Å². The van der Waals surface area contributed by atoms with Gasteiger partial charge in [0.25, 0.3) is 5.56 Å². The number of benzene rings is 1. The number of nitrogens with zero attached hydrogens (tertiary/aromatic N) is 1. The third-order valence-electron chi connectivity index (χ3n) is 3.10. The largest absolute Gasteiger partial charge is 0.488 e. The maximum atomic E-state index is 12.2. The van der Waals surface area contributed by atoms with E-state index >= 15 is 0 Å². The lowest BCUT2D eigenvalue weighted by molar-refractivity contribution is 0.0697. The predicted octanol–water partition coefficient (Wildman–Crippen LogP) is 1.36. The first-order valence-electron chi connectivity index (χ1n) is 6.87. The number of rotatable bonds is 7. The molecule has 0 unspecified atom stereocenters. The van der Waals surface area contributed by atoms with Crippen molar-refractivity contribution < 1.29 is 19.7 Å². The van der Waals surface area contributed by atoms with Crippen molar-refractivity contribution in [3.8, 4) is 5.75 Å². The lowest BCUT2D eigenvalue weighted by Gasteiger charge is -2.09. The van der Waals surface area contributed by atoms with Gasteiger partial charge in [-0.3, -0.25) is 4.79 Å². The summed E-state index contributed by atoms with van der Waals surface area (Å²) in [4.78, 5) is 23.0. The van der Waals surface area contributed by atoms with E-state index in [1.54, 1.807) is 30.5 Å². The van der Waals surface area contributed by atoms with E-state index < -0.39 is 5.97 Å². The van der Waals surface area contributed by atoms with Gasteiger partial charge >= 0.3 is 5.97 Å². The van der Waals surface area contributed by atoms with Crippen LogP contribution in [0.15, 0.2) is 47.4 Å². The van der Waals surface area contributed by atoms with Crippen LogP contribution in [-0.2, 0) is 6.54 Å². The van der Waals surface area contributed by atoms with E-state index in [4.69, 9.17) is 14.9 Å². The highest BCUT2D eigenvalue weighted by Gasteiger charge is 2.06. The molecule has 0 aliphatic rings. The van der Waals surface area contributed by atoms with Gasteiger partial charge in [0.2, 0.25) is 0 Å². The Morgan fingerprint density at radius 3 is 2.55 bits per heavy atom. The van der Waals surface area contributed by atoms with Gasteiger partial charge in [-0.1, -0.05) is 12.1 Å². The summed E-state index contributed by atoms with van der Waals surface area (Å²) < 4.78 is 6.83. The molecule has 6 nitrogen and oxygen atoms in total. The number of pyridine rings is 1. The summed E-state index contributed by atoms with van der Waals surface area (Å²) in [7, 11) is 0. The van der Waals surface area contributed by atoms with Gasteiger partial charge in [0.05, 0.1) is 18.7 Å². The number of aromatic nitrogens is 1. The predicted molar refractivity (Wildman–Crippen MR) is 80.4 cm³/mol. The number of aromatic carboxylic acids is 1. The number of carboxylic acids is 1. The summed E-state index contributed by atoms with van der Waals surface area (Å²) in [6, 6.07) is 9.66. The highest BCUT2D eigenvalue weighted by atomic mass is 16.5. The molecular formula is C16H17NO5. The maximum absolute atomic E-state index is 12.2. The molecule has 22 heavy (non-hydrogen) atoms. The molecule has 2 N–H and O–H groups in total. The molecule has 0 spiro atoms. The molecule has 0 bridgehead atoms. The van der Waals surface area contributed by atoms with Crippen molar-refractivity contribution in [1.82, 2.24) is 4.57 Å². The molecule has 0 radical (unpaired) electrons. The fourth-order valence-electron chi connectivity index (χ4n) is 1.95. The molecule has 6 heteroatoms. The molecule has 0 saturated heterocycles. The fourth-order valence-corrected chi connectivity index (χ4v) is 1.95. The van der Waals surface area contributed by atoms with E-state index in [0.29, 0.717) is 13.0 Å². The molecule has 0 fully saturated rings. The normalized spacial score (nSPS) is 10.4. The number of hydrogen-bond donors (Lipinski definition) is 2. The molecule has 2 rings (SSSR count). The molecule has 0 aliphatic carbocycles. The van der Waals surface area contributed by atoms with Crippen molar-refractivity contribution in [3.63, 3.8) is 0 Å². The third-order valence-corrected chi connectivity index (χ3v) is 3.10. The van der Waals surface area contributed by atoms with Gasteiger partial charge in [0.1, 0.15) is 0 Å². The number of carbonyl (C=O) groups is 1. The molecule has 0 atom stereocenters. The first-order valence-corrected chi connectivity index (χ1v) is 6.87. The number of hydrogen-bond acceptors (Lipinski definition) is 4. The van der Waals surface area contributed by atoms with Crippen LogP contribution in [0.3, 0.4) is 0 Å².